The van der Waals surface area contributed by atoms with Crippen LogP contribution in [0.5, 0.6) is 11.5 Å². The Kier molecular flexibility index (Phi) is 5.04. The Hall–Kier alpha value is -1.52. The van der Waals surface area contributed by atoms with Gasteiger partial charge in [0.1, 0.15) is 6.61 Å². The lowest BCUT2D eigenvalue weighted by Gasteiger charge is -2.13. The van der Waals surface area contributed by atoms with E-state index in [0.717, 1.165) is 21.3 Å². The molecule has 0 aromatic heterocycles. The highest BCUT2D eigenvalue weighted by Crippen LogP contribution is 2.30. The van der Waals surface area contributed by atoms with Crippen molar-refractivity contribution in [1.29, 1.82) is 0 Å². The minimum Gasteiger partial charge on any atom is -0.493 e. The van der Waals surface area contributed by atoms with Gasteiger partial charge in [0, 0.05) is 10.5 Å². The van der Waals surface area contributed by atoms with E-state index in [9.17, 15) is 0 Å². The lowest BCUT2D eigenvalue weighted by molar-refractivity contribution is 0.284. The molecule has 2 aromatic rings. The number of nitrogens with two attached hydrogens (primary N) is 1. The van der Waals surface area contributed by atoms with Gasteiger partial charge >= 0.3 is 0 Å². The van der Waals surface area contributed by atoms with E-state index in [4.69, 9.17) is 15.2 Å². The van der Waals surface area contributed by atoms with Crippen LogP contribution in [0, 0.1) is 0 Å². The number of halogens is 1. The van der Waals surface area contributed by atoms with Crippen LogP contribution in [0.15, 0.2) is 46.9 Å². The summed E-state index contributed by atoms with van der Waals surface area (Å²) in [6, 6.07) is 13.8. The van der Waals surface area contributed by atoms with E-state index in [1.807, 2.05) is 49.4 Å². The van der Waals surface area contributed by atoms with Crippen LogP contribution >= 0.6 is 15.9 Å². The number of benzene rings is 2. The Morgan fingerprint density at radius 2 is 1.80 bits per heavy atom. The minimum absolute atomic E-state index is 0.0237. The topological polar surface area (TPSA) is 44.5 Å². The van der Waals surface area contributed by atoms with Crippen molar-refractivity contribution in [2.75, 3.05) is 7.11 Å². The van der Waals surface area contributed by atoms with Crippen LogP contribution in [0.4, 0.5) is 0 Å². The monoisotopic (exact) mass is 335 g/mol. The van der Waals surface area contributed by atoms with E-state index >= 15 is 0 Å². The second kappa shape index (κ2) is 6.77. The Labute approximate surface area is 127 Å². The third-order valence-corrected chi connectivity index (χ3v) is 3.55. The van der Waals surface area contributed by atoms with Crippen LogP contribution in [-0.4, -0.2) is 7.11 Å². The van der Waals surface area contributed by atoms with Gasteiger partial charge in [-0.3, -0.25) is 0 Å². The molecular weight excluding hydrogens is 318 g/mol. The first-order chi connectivity index (χ1) is 9.60. The molecule has 2 N–H and O–H groups in total. The molecule has 0 aliphatic rings. The third-order valence-electron chi connectivity index (χ3n) is 3.02. The first kappa shape index (κ1) is 14.9. The van der Waals surface area contributed by atoms with Gasteiger partial charge in [0.25, 0.3) is 0 Å². The normalized spacial score (nSPS) is 12.0. The largest absolute Gasteiger partial charge is 0.493 e. The molecule has 0 spiro atoms. The molecule has 0 fully saturated rings. The summed E-state index contributed by atoms with van der Waals surface area (Å²) >= 11 is 3.41. The van der Waals surface area contributed by atoms with Crippen molar-refractivity contribution in [3.8, 4) is 11.5 Å². The van der Waals surface area contributed by atoms with Crippen LogP contribution in [0.25, 0.3) is 0 Å². The van der Waals surface area contributed by atoms with Gasteiger partial charge in [0.2, 0.25) is 0 Å². The van der Waals surface area contributed by atoms with Gasteiger partial charge in [-0.2, -0.15) is 0 Å². The molecule has 0 bridgehead atoms. The molecule has 106 valence electrons. The summed E-state index contributed by atoms with van der Waals surface area (Å²) in [5.74, 6) is 1.43. The highest BCUT2D eigenvalue weighted by molar-refractivity contribution is 9.10. The number of hydrogen-bond donors (Lipinski definition) is 1. The maximum absolute atomic E-state index is 5.87. The lowest BCUT2D eigenvalue weighted by Crippen LogP contribution is -2.05. The summed E-state index contributed by atoms with van der Waals surface area (Å²) in [6.07, 6.45) is 0. The molecule has 0 saturated heterocycles. The Bertz CT molecular complexity index is 567. The third kappa shape index (κ3) is 3.74. The van der Waals surface area contributed by atoms with Gasteiger partial charge in [-0.1, -0.05) is 34.1 Å². The first-order valence-electron chi connectivity index (χ1n) is 6.41. The van der Waals surface area contributed by atoms with Crippen molar-refractivity contribution in [1.82, 2.24) is 0 Å². The number of ether oxygens (including phenoxy) is 2. The molecular formula is C16H18BrNO2. The van der Waals surface area contributed by atoms with E-state index in [-0.39, 0.29) is 6.04 Å². The zero-order valence-corrected chi connectivity index (χ0v) is 13.2. The van der Waals surface area contributed by atoms with Crippen LogP contribution < -0.4 is 15.2 Å². The summed E-state index contributed by atoms with van der Waals surface area (Å²) in [7, 11) is 1.63. The molecule has 4 heteroatoms. The average Bonchev–Trinajstić information content (AvgIpc) is 2.46. The van der Waals surface area contributed by atoms with Crippen LogP contribution in [-0.2, 0) is 6.61 Å². The Morgan fingerprint density at radius 1 is 1.10 bits per heavy atom. The fourth-order valence-corrected chi connectivity index (χ4v) is 2.09. The molecule has 0 saturated carbocycles. The SMILES string of the molecule is COc1cc([C@@H](C)N)ccc1OCc1ccc(Br)cc1. The Morgan fingerprint density at radius 3 is 2.40 bits per heavy atom. The number of rotatable bonds is 5. The molecule has 0 aliphatic heterocycles. The van der Waals surface area contributed by atoms with Gasteiger partial charge in [-0.25, -0.2) is 0 Å². The predicted octanol–water partition coefficient (Wildman–Crippen LogP) is 4.06. The smallest absolute Gasteiger partial charge is 0.161 e. The Balaban J connectivity index is 2.10. The molecule has 2 rings (SSSR count). The standard InChI is InChI=1S/C16H18BrNO2/c1-11(18)13-5-8-15(16(9-13)19-2)20-10-12-3-6-14(17)7-4-12/h3-9,11H,10,18H2,1-2H3/t11-/m1/s1. The second-order valence-corrected chi connectivity index (χ2v) is 5.53. The zero-order chi connectivity index (χ0) is 14.5. The molecule has 0 unspecified atom stereocenters. The summed E-state index contributed by atoms with van der Waals surface area (Å²) < 4.78 is 12.2. The lowest BCUT2D eigenvalue weighted by atomic mass is 10.1. The van der Waals surface area contributed by atoms with Gasteiger partial charge in [-0.15, -0.1) is 0 Å². The van der Waals surface area contributed by atoms with Crippen LogP contribution in [0.3, 0.4) is 0 Å². The summed E-state index contributed by atoms with van der Waals surface area (Å²) in [5, 5.41) is 0. The highest BCUT2D eigenvalue weighted by atomic mass is 79.9. The van der Waals surface area contributed by atoms with E-state index in [1.54, 1.807) is 7.11 Å². The van der Waals surface area contributed by atoms with Gasteiger partial charge in [-0.05, 0) is 42.3 Å². The second-order valence-electron chi connectivity index (χ2n) is 4.61. The molecule has 3 nitrogen and oxygen atoms in total. The summed E-state index contributed by atoms with van der Waals surface area (Å²) in [5.41, 5.74) is 7.99. The van der Waals surface area contributed by atoms with Crippen molar-refractivity contribution >= 4 is 15.9 Å². The van der Waals surface area contributed by atoms with E-state index < -0.39 is 0 Å². The van der Waals surface area contributed by atoms with Crippen molar-refractivity contribution in [2.45, 2.75) is 19.6 Å². The minimum atomic E-state index is -0.0237. The summed E-state index contributed by atoms with van der Waals surface area (Å²) in [4.78, 5) is 0. The van der Waals surface area contributed by atoms with Crippen molar-refractivity contribution in [3.05, 3.63) is 58.1 Å². The maximum Gasteiger partial charge on any atom is 0.161 e. The van der Waals surface area contributed by atoms with Crippen molar-refractivity contribution in [2.24, 2.45) is 5.73 Å². The van der Waals surface area contributed by atoms with Crippen LogP contribution in [0.1, 0.15) is 24.1 Å². The van der Waals surface area contributed by atoms with Crippen molar-refractivity contribution < 1.29 is 9.47 Å². The maximum atomic E-state index is 5.87. The molecule has 20 heavy (non-hydrogen) atoms. The summed E-state index contributed by atoms with van der Waals surface area (Å²) in [6.45, 7) is 2.44. The fraction of sp³-hybridized carbons (Fsp3) is 0.250. The molecule has 0 heterocycles. The first-order valence-corrected chi connectivity index (χ1v) is 7.20. The molecule has 2 aromatic carbocycles. The number of methoxy groups -OCH3 is 1. The fourth-order valence-electron chi connectivity index (χ4n) is 1.83. The quantitative estimate of drug-likeness (QED) is 0.896. The highest BCUT2D eigenvalue weighted by Gasteiger charge is 2.08. The van der Waals surface area contributed by atoms with Gasteiger partial charge in [0.15, 0.2) is 11.5 Å². The molecule has 0 radical (unpaired) electrons. The zero-order valence-electron chi connectivity index (χ0n) is 11.6. The average molecular weight is 336 g/mol. The molecule has 0 amide bonds. The van der Waals surface area contributed by atoms with Crippen molar-refractivity contribution in [3.63, 3.8) is 0 Å². The molecule has 0 aliphatic carbocycles. The molecule has 1 atom stereocenters. The van der Waals surface area contributed by atoms with Gasteiger partial charge < -0.3 is 15.2 Å². The predicted molar refractivity (Wildman–Crippen MR) is 84.1 cm³/mol. The van der Waals surface area contributed by atoms with E-state index in [0.29, 0.717) is 12.4 Å². The van der Waals surface area contributed by atoms with E-state index in [1.165, 1.54) is 0 Å². The van der Waals surface area contributed by atoms with E-state index in [2.05, 4.69) is 15.9 Å². The number of hydrogen-bond acceptors (Lipinski definition) is 3. The van der Waals surface area contributed by atoms with Gasteiger partial charge in [0.05, 0.1) is 7.11 Å². The van der Waals surface area contributed by atoms with Crippen LogP contribution in [0.2, 0.25) is 0 Å².